The predicted octanol–water partition coefficient (Wildman–Crippen LogP) is 1.02. The number of hydrogen-bond donors (Lipinski definition) is 1. The lowest BCUT2D eigenvalue weighted by molar-refractivity contribution is 0.0946. The fourth-order valence-corrected chi connectivity index (χ4v) is 1.69. The molecule has 1 N–H and O–H groups in total. The van der Waals surface area contributed by atoms with Crippen LogP contribution in [0.2, 0.25) is 0 Å². The second-order valence-corrected chi connectivity index (χ2v) is 4.28. The Balaban J connectivity index is 1.87. The zero-order chi connectivity index (χ0) is 12.5. The Morgan fingerprint density at radius 2 is 2.39 bits per heavy atom. The van der Waals surface area contributed by atoms with Gasteiger partial charge < -0.3 is 10.1 Å². The van der Waals surface area contributed by atoms with Crippen molar-refractivity contribution in [3.05, 3.63) is 24.0 Å². The van der Waals surface area contributed by atoms with Crippen LogP contribution in [0.3, 0.4) is 0 Å². The van der Waals surface area contributed by atoms with Gasteiger partial charge in [-0.05, 0) is 25.8 Å². The maximum Gasteiger partial charge on any atom is 0.271 e. The molecule has 0 aromatic carbocycles. The maximum atomic E-state index is 11.8. The Morgan fingerprint density at radius 3 is 3.11 bits per heavy atom. The van der Waals surface area contributed by atoms with Crippen LogP contribution in [-0.2, 0) is 0 Å². The van der Waals surface area contributed by atoms with Crippen molar-refractivity contribution in [3.8, 4) is 5.88 Å². The number of fused-ring (bicyclic) bond motifs is 1. The summed E-state index contributed by atoms with van der Waals surface area (Å²) in [6, 6.07) is 3.86. The molecule has 1 saturated carbocycles. The number of imidazole rings is 1. The SMILES string of the molecule is CCOc1ccc2nc(C(=O)NC3CC3)cn2n1. The van der Waals surface area contributed by atoms with Crippen LogP contribution in [0.1, 0.15) is 30.3 Å². The molecule has 0 aliphatic heterocycles. The highest BCUT2D eigenvalue weighted by Gasteiger charge is 2.24. The van der Waals surface area contributed by atoms with Crippen LogP contribution >= 0.6 is 0 Å². The van der Waals surface area contributed by atoms with Gasteiger partial charge in [-0.1, -0.05) is 0 Å². The molecule has 6 heteroatoms. The van der Waals surface area contributed by atoms with Crippen molar-refractivity contribution in [2.45, 2.75) is 25.8 Å². The van der Waals surface area contributed by atoms with Gasteiger partial charge in [-0.15, -0.1) is 5.10 Å². The maximum absolute atomic E-state index is 11.8. The quantitative estimate of drug-likeness (QED) is 0.874. The summed E-state index contributed by atoms with van der Waals surface area (Å²) in [7, 11) is 0. The Kier molecular flexibility index (Phi) is 2.62. The van der Waals surface area contributed by atoms with Crippen molar-refractivity contribution < 1.29 is 9.53 Å². The van der Waals surface area contributed by atoms with Crippen LogP contribution in [-0.4, -0.2) is 33.2 Å². The molecule has 3 rings (SSSR count). The monoisotopic (exact) mass is 246 g/mol. The number of nitrogens with one attached hydrogen (secondary N) is 1. The molecule has 1 aliphatic carbocycles. The molecular formula is C12H14N4O2. The number of nitrogens with zero attached hydrogens (tertiary/aromatic N) is 3. The van der Waals surface area contributed by atoms with Crippen molar-refractivity contribution in [2.24, 2.45) is 0 Å². The first-order chi connectivity index (χ1) is 8.76. The van der Waals surface area contributed by atoms with E-state index in [1.54, 1.807) is 22.8 Å². The normalized spacial score (nSPS) is 14.7. The first kappa shape index (κ1) is 11.0. The Morgan fingerprint density at radius 1 is 1.56 bits per heavy atom. The molecule has 18 heavy (non-hydrogen) atoms. The summed E-state index contributed by atoms with van der Waals surface area (Å²) in [5, 5.41) is 7.11. The number of ether oxygens (including phenoxy) is 1. The van der Waals surface area contributed by atoms with E-state index in [9.17, 15) is 4.79 Å². The minimum Gasteiger partial charge on any atom is -0.477 e. The van der Waals surface area contributed by atoms with Crippen molar-refractivity contribution in [3.63, 3.8) is 0 Å². The third kappa shape index (κ3) is 2.13. The first-order valence-electron chi connectivity index (χ1n) is 6.06. The molecule has 2 aromatic rings. The van der Waals surface area contributed by atoms with Crippen LogP contribution in [0.4, 0.5) is 0 Å². The van der Waals surface area contributed by atoms with Crippen LogP contribution in [0.25, 0.3) is 5.65 Å². The van der Waals surface area contributed by atoms with E-state index in [-0.39, 0.29) is 5.91 Å². The van der Waals surface area contributed by atoms with Gasteiger partial charge in [0.25, 0.3) is 5.91 Å². The van der Waals surface area contributed by atoms with E-state index in [1.807, 2.05) is 6.92 Å². The molecule has 0 radical (unpaired) electrons. The number of aromatic nitrogens is 3. The van der Waals surface area contributed by atoms with Crippen LogP contribution in [0.15, 0.2) is 18.3 Å². The summed E-state index contributed by atoms with van der Waals surface area (Å²) in [4.78, 5) is 16.1. The fraction of sp³-hybridized carbons (Fsp3) is 0.417. The molecular weight excluding hydrogens is 232 g/mol. The van der Waals surface area contributed by atoms with Gasteiger partial charge in [0.1, 0.15) is 5.69 Å². The summed E-state index contributed by atoms with van der Waals surface area (Å²) in [5.41, 5.74) is 1.03. The van der Waals surface area contributed by atoms with Crippen LogP contribution in [0, 0.1) is 0 Å². The summed E-state index contributed by atoms with van der Waals surface area (Å²) < 4.78 is 6.86. The largest absolute Gasteiger partial charge is 0.477 e. The minimum absolute atomic E-state index is 0.138. The number of carbonyl (C=O) groups excluding carboxylic acids is 1. The topological polar surface area (TPSA) is 68.5 Å². The Hall–Kier alpha value is -2.11. The molecule has 0 atom stereocenters. The highest BCUT2D eigenvalue weighted by Crippen LogP contribution is 2.19. The molecule has 1 fully saturated rings. The molecule has 0 bridgehead atoms. The second kappa shape index (κ2) is 4.29. The Labute approximate surface area is 104 Å². The summed E-state index contributed by atoms with van der Waals surface area (Å²) in [6.07, 6.45) is 3.74. The molecule has 2 aromatic heterocycles. The smallest absolute Gasteiger partial charge is 0.271 e. The highest BCUT2D eigenvalue weighted by molar-refractivity contribution is 5.93. The average Bonchev–Trinajstić information content (AvgIpc) is 3.06. The predicted molar refractivity (Wildman–Crippen MR) is 64.6 cm³/mol. The van der Waals surface area contributed by atoms with Gasteiger partial charge in [-0.2, -0.15) is 0 Å². The zero-order valence-electron chi connectivity index (χ0n) is 10.1. The van der Waals surface area contributed by atoms with Crippen LogP contribution in [0.5, 0.6) is 5.88 Å². The first-order valence-corrected chi connectivity index (χ1v) is 6.06. The summed E-state index contributed by atoms with van der Waals surface area (Å²) in [5.74, 6) is 0.387. The van der Waals surface area contributed by atoms with E-state index >= 15 is 0 Å². The number of hydrogen-bond acceptors (Lipinski definition) is 4. The standard InChI is InChI=1S/C12H14N4O2/c1-2-18-11-6-5-10-14-9(7-16(10)15-11)12(17)13-8-3-4-8/h5-8H,2-4H2,1H3,(H,13,17). The van der Waals surface area contributed by atoms with Gasteiger partial charge >= 0.3 is 0 Å². The minimum atomic E-state index is -0.138. The number of rotatable bonds is 4. The molecule has 6 nitrogen and oxygen atoms in total. The molecule has 1 aliphatic rings. The molecule has 0 saturated heterocycles. The van der Waals surface area contributed by atoms with Crippen molar-refractivity contribution in [1.29, 1.82) is 0 Å². The van der Waals surface area contributed by atoms with Gasteiger partial charge in [0, 0.05) is 12.1 Å². The summed E-state index contributed by atoms with van der Waals surface area (Å²) >= 11 is 0. The lowest BCUT2D eigenvalue weighted by atomic mass is 10.4. The molecule has 94 valence electrons. The number of amides is 1. The summed E-state index contributed by atoms with van der Waals surface area (Å²) in [6.45, 7) is 2.45. The van der Waals surface area contributed by atoms with Gasteiger partial charge in [-0.3, -0.25) is 4.79 Å². The van der Waals surface area contributed by atoms with E-state index in [2.05, 4.69) is 15.4 Å². The van der Waals surface area contributed by atoms with E-state index in [0.717, 1.165) is 12.8 Å². The lowest BCUT2D eigenvalue weighted by Crippen LogP contribution is -2.25. The zero-order valence-corrected chi connectivity index (χ0v) is 10.1. The van der Waals surface area contributed by atoms with Crippen LogP contribution < -0.4 is 10.1 Å². The van der Waals surface area contributed by atoms with E-state index < -0.39 is 0 Å². The van der Waals surface area contributed by atoms with E-state index in [4.69, 9.17) is 4.74 Å². The van der Waals surface area contributed by atoms with E-state index in [1.165, 1.54) is 0 Å². The lowest BCUT2D eigenvalue weighted by Gasteiger charge is -2.00. The third-order valence-electron chi connectivity index (χ3n) is 2.73. The van der Waals surface area contributed by atoms with Gasteiger partial charge in [-0.25, -0.2) is 9.50 Å². The fourth-order valence-electron chi connectivity index (χ4n) is 1.69. The van der Waals surface area contributed by atoms with Gasteiger partial charge in [0.2, 0.25) is 5.88 Å². The van der Waals surface area contributed by atoms with Crippen molar-refractivity contribution >= 4 is 11.6 Å². The molecule has 0 unspecified atom stereocenters. The van der Waals surface area contributed by atoms with E-state index in [0.29, 0.717) is 29.9 Å². The van der Waals surface area contributed by atoms with Crippen molar-refractivity contribution in [2.75, 3.05) is 6.61 Å². The highest BCUT2D eigenvalue weighted by atomic mass is 16.5. The molecule has 0 spiro atoms. The number of carbonyl (C=O) groups is 1. The molecule has 2 heterocycles. The van der Waals surface area contributed by atoms with Gasteiger partial charge in [0.05, 0.1) is 12.8 Å². The Bertz CT molecular complexity index is 589. The molecule has 1 amide bonds. The average molecular weight is 246 g/mol. The third-order valence-corrected chi connectivity index (χ3v) is 2.73. The van der Waals surface area contributed by atoms with Gasteiger partial charge in [0.15, 0.2) is 5.65 Å². The van der Waals surface area contributed by atoms with Crippen molar-refractivity contribution in [1.82, 2.24) is 19.9 Å². The second-order valence-electron chi connectivity index (χ2n) is 4.28.